The Labute approximate surface area is 142 Å². The van der Waals surface area contributed by atoms with Crippen LogP contribution in [0.2, 0.25) is 0 Å². The second-order valence-electron chi connectivity index (χ2n) is 8.09. The highest BCUT2D eigenvalue weighted by Crippen LogP contribution is 2.31. The van der Waals surface area contributed by atoms with E-state index in [0.717, 1.165) is 30.9 Å². The largest absolute Gasteiger partial charge is 0.465 e. The van der Waals surface area contributed by atoms with E-state index in [9.17, 15) is 9.59 Å². The summed E-state index contributed by atoms with van der Waals surface area (Å²) in [5, 5.41) is 8.72. The van der Waals surface area contributed by atoms with E-state index >= 15 is 0 Å². The maximum absolute atomic E-state index is 12.0. The number of aryl methyl sites for hydroxylation is 1. The van der Waals surface area contributed by atoms with Gasteiger partial charge in [0.25, 0.3) is 5.91 Å². The molecule has 1 aromatic rings. The molecule has 0 unspecified atom stereocenters. The van der Waals surface area contributed by atoms with E-state index in [1.807, 2.05) is 6.92 Å². The van der Waals surface area contributed by atoms with Crippen LogP contribution < -0.4 is 16.0 Å². The van der Waals surface area contributed by atoms with Crippen molar-refractivity contribution < 1.29 is 14.0 Å². The van der Waals surface area contributed by atoms with Gasteiger partial charge in [-0.1, -0.05) is 20.8 Å². The smallest absolute Gasteiger partial charge is 0.322 e. The lowest BCUT2D eigenvalue weighted by molar-refractivity contribution is -0.125. The van der Waals surface area contributed by atoms with Gasteiger partial charge in [0.1, 0.15) is 17.1 Å². The summed E-state index contributed by atoms with van der Waals surface area (Å²) in [4.78, 5) is 23.3. The summed E-state index contributed by atoms with van der Waals surface area (Å²) in [6, 6.07) is 2.13. The predicted octanol–water partition coefficient (Wildman–Crippen LogP) is 2.50. The van der Waals surface area contributed by atoms with Crippen molar-refractivity contribution in [3.05, 3.63) is 23.2 Å². The van der Waals surface area contributed by atoms with Crippen LogP contribution in [0.15, 0.2) is 10.5 Å². The van der Waals surface area contributed by atoms with E-state index < -0.39 is 5.54 Å². The maximum atomic E-state index is 12.0. The third-order valence-corrected chi connectivity index (χ3v) is 5.19. The SMILES string of the molecule is Cc1oc(C(C)(C)C)cc1CNC1CCC2(CC1)NC(=O)NC2=O. The number of urea groups is 1. The van der Waals surface area contributed by atoms with Crippen LogP contribution in [0, 0.1) is 6.92 Å². The number of amides is 3. The molecule has 1 saturated carbocycles. The molecular formula is C18H27N3O3. The summed E-state index contributed by atoms with van der Waals surface area (Å²) in [5.74, 6) is 1.79. The van der Waals surface area contributed by atoms with Gasteiger partial charge < -0.3 is 15.1 Å². The van der Waals surface area contributed by atoms with Crippen LogP contribution in [0.4, 0.5) is 4.79 Å². The molecule has 1 spiro atoms. The van der Waals surface area contributed by atoms with Crippen LogP contribution in [-0.2, 0) is 16.8 Å². The summed E-state index contributed by atoms with van der Waals surface area (Å²) >= 11 is 0. The van der Waals surface area contributed by atoms with Crippen molar-refractivity contribution in [2.75, 3.05) is 0 Å². The molecule has 2 fully saturated rings. The van der Waals surface area contributed by atoms with E-state index in [1.165, 1.54) is 5.56 Å². The molecule has 2 heterocycles. The normalized spacial score (nSPS) is 27.4. The maximum Gasteiger partial charge on any atom is 0.322 e. The van der Waals surface area contributed by atoms with Gasteiger partial charge in [-0.25, -0.2) is 4.79 Å². The predicted molar refractivity (Wildman–Crippen MR) is 90.6 cm³/mol. The van der Waals surface area contributed by atoms with Crippen LogP contribution >= 0.6 is 0 Å². The monoisotopic (exact) mass is 333 g/mol. The minimum absolute atomic E-state index is 0.00821. The average Bonchev–Trinajstić information content (AvgIpc) is 2.99. The van der Waals surface area contributed by atoms with E-state index in [0.29, 0.717) is 18.9 Å². The second kappa shape index (κ2) is 5.92. The molecule has 3 N–H and O–H groups in total. The Bertz CT molecular complexity index is 649. The summed E-state index contributed by atoms with van der Waals surface area (Å²) in [6.07, 6.45) is 3.10. The van der Waals surface area contributed by atoms with E-state index in [4.69, 9.17) is 4.42 Å². The minimum Gasteiger partial charge on any atom is -0.465 e. The Morgan fingerprint density at radius 1 is 1.29 bits per heavy atom. The highest BCUT2D eigenvalue weighted by molar-refractivity contribution is 6.07. The molecule has 1 aliphatic carbocycles. The van der Waals surface area contributed by atoms with Crippen molar-refractivity contribution in [2.45, 2.75) is 76.9 Å². The Morgan fingerprint density at radius 2 is 1.96 bits per heavy atom. The van der Waals surface area contributed by atoms with Crippen molar-refractivity contribution in [3.8, 4) is 0 Å². The van der Waals surface area contributed by atoms with Gasteiger partial charge in [-0.15, -0.1) is 0 Å². The lowest BCUT2D eigenvalue weighted by Crippen LogP contribution is -2.52. The van der Waals surface area contributed by atoms with Gasteiger partial charge in [0.2, 0.25) is 0 Å². The van der Waals surface area contributed by atoms with Gasteiger partial charge >= 0.3 is 6.03 Å². The molecule has 1 aromatic heterocycles. The highest BCUT2D eigenvalue weighted by atomic mass is 16.3. The molecule has 0 bridgehead atoms. The standard InChI is InChI=1S/C18H27N3O3/c1-11-12(9-14(24-11)17(2,3)4)10-19-13-5-7-18(8-6-13)15(22)20-16(23)21-18/h9,13,19H,5-8,10H2,1-4H3,(H2,20,21,22,23). The fourth-order valence-corrected chi connectivity index (χ4v) is 3.51. The first kappa shape index (κ1) is 17.0. The Kier molecular flexibility index (Phi) is 4.20. The van der Waals surface area contributed by atoms with Gasteiger partial charge in [-0.2, -0.15) is 0 Å². The lowest BCUT2D eigenvalue weighted by atomic mass is 9.79. The van der Waals surface area contributed by atoms with Gasteiger partial charge in [0.05, 0.1) is 0 Å². The molecular weight excluding hydrogens is 306 g/mol. The van der Waals surface area contributed by atoms with Crippen molar-refractivity contribution in [2.24, 2.45) is 0 Å². The first-order valence-corrected chi connectivity index (χ1v) is 8.66. The summed E-state index contributed by atoms with van der Waals surface area (Å²) in [6.45, 7) is 9.19. The first-order chi connectivity index (χ1) is 11.2. The third-order valence-electron chi connectivity index (χ3n) is 5.19. The number of hydrogen-bond acceptors (Lipinski definition) is 4. The molecule has 24 heavy (non-hydrogen) atoms. The fraction of sp³-hybridized carbons (Fsp3) is 0.667. The van der Waals surface area contributed by atoms with Crippen molar-refractivity contribution in [3.63, 3.8) is 0 Å². The molecule has 2 aliphatic rings. The fourth-order valence-electron chi connectivity index (χ4n) is 3.51. The molecule has 0 aromatic carbocycles. The number of carbonyl (C=O) groups excluding carboxylic acids is 2. The van der Waals surface area contributed by atoms with Crippen LogP contribution in [0.25, 0.3) is 0 Å². The minimum atomic E-state index is -0.680. The second-order valence-corrected chi connectivity index (χ2v) is 8.09. The number of hydrogen-bond donors (Lipinski definition) is 3. The molecule has 0 radical (unpaired) electrons. The van der Waals surface area contributed by atoms with Crippen molar-refractivity contribution in [1.82, 2.24) is 16.0 Å². The van der Waals surface area contributed by atoms with Crippen LogP contribution in [-0.4, -0.2) is 23.5 Å². The lowest BCUT2D eigenvalue weighted by Gasteiger charge is -2.34. The molecule has 3 amide bonds. The van der Waals surface area contributed by atoms with Gasteiger partial charge in [-0.3, -0.25) is 10.1 Å². The molecule has 1 aliphatic heterocycles. The quantitative estimate of drug-likeness (QED) is 0.742. The van der Waals surface area contributed by atoms with E-state index in [-0.39, 0.29) is 17.4 Å². The number of nitrogens with one attached hydrogen (secondary N) is 3. The number of furan rings is 1. The average molecular weight is 333 g/mol. The molecule has 132 valence electrons. The third kappa shape index (κ3) is 3.20. The first-order valence-electron chi connectivity index (χ1n) is 8.66. The zero-order valence-electron chi connectivity index (χ0n) is 14.9. The molecule has 0 atom stereocenters. The zero-order valence-corrected chi connectivity index (χ0v) is 14.9. The van der Waals surface area contributed by atoms with Gasteiger partial charge in [-0.05, 0) is 38.7 Å². The Hall–Kier alpha value is -1.82. The number of rotatable bonds is 3. The van der Waals surface area contributed by atoms with Crippen molar-refractivity contribution >= 4 is 11.9 Å². The topological polar surface area (TPSA) is 83.4 Å². The van der Waals surface area contributed by atoms with Gasteiger partial charge in [0, 0.05) is 23.6 Å². The summed E-state index contributed by atoms with van der Waals surface area (Å²) < 4.78 is 5.88. The number of imide groups is 1. The van der Waals surface area contributed by atoms with Crippen LogP contribution in [0.5, 0.6) is 0 Å². The van der Waals surface area contributed by atoms with E-state index in [1.54, 1.807) is 0 Å². The van der Waals surface area contributed by atoms with Crippen LogP contribution in [0.1, 0.15) is 63.5 Å². The Morgan fingerprint density at radius 3 is 2.46 bits per heavy atom. The number of carbonyl (C=O) groups is 2. The molecule has 1 saturated heterocycles. The van der Waals surface area contributed by atoms with E-state index in [2.05, 4.69) is 42.8 Å². The zero-order chi connectivity index (χ0) is 17.5. The molecule has 6 nitrogen and oxygen atoms in total. The van der Waals surface area contributed by atoms with Crippen LogP contribution in [0.3, 0.4) is 0 Å². The molecule has 3 rings (SSSR count). The summed E-state index contributed by atoms with van der Waals surface area (Å²) in [5.41, 5.74) is 0.515. The van der Waals surface area contributed by atoms with Crippen molar-refractivity contribution in [1.29, 1.82) is 0 Å². The molecule has 6 heteroatoms. The summed E-state index contributed by atoms with van der Waals surface area (Å²) in [7, 11) is 0. The Balaban J connectivity index is 1.55. The highest BCUT2D eigenvalue weighted by Gasteiger charge is 2.47. The van der Waals surface area contributed by atoms with Gasteiger partial charge in [0.15, 0.2) is 0 Å².